The lowest BCUT2D eigenvalue weighted by atomic mass is 10.1. The van der Waals surface area contributed by atoms with E-state index in [4.69, 9.17) is 0 Å². The molecule has 1 heterocycles. The van der Waals surface area contributed by atoms with Crippen molar-refractivity contribution in [3.05, 3.63) is 0 Å². The van der Waals surface area contributed by atoms with Gasteiger partial charge in [0.1, 0.15) is 6.54 Å². The summed E-state index contributed by atoms with van der Waals surface area (Å²) < 4.78 is 25.8. The highest BCUT2D eigenvalue weighted by Gasteiger charge is 2.40. The minimum atomic E-state index is -2.96. The van der Waals surface area contributed by atoms with Crippen molar-refractivity contribution in [1.82, 2.24) is 5.06 Å². The molecular weight excluding hydrogens is 208 g/mol. The third-order valence-corrected chi connectivity index (χ3v) is 2.02. The topological polar surface area (TPSA) is 46.6 Å². The molecule has 15 heavy (non-hydrogen) atoms. The summed E-state index contributed by atoms with van der Waals surface area (Å²) in [5.74, 6) is -4.17. The number of amides is 1. The van der Waals surface area contributed by atoms with Gasteiger partial charge in [-0.2, -0.15) is 5.06 Å². The Labute approximate surface area is 86.1 Å². The lowest BCUT2D eigenvalue weighted by Gasteiger charge is -2.30. The SMILES string of the molecule is CCCC(=O)ON1CC(F)(F)CCC1=O. The van der Waals surface area contributed by atoms with Gasteiger partial charge in [0.25, 0.3) is 11.8 Å². The van der Waals surface area contributed by atoms with Crippen LogP contribution in [0.3, 0.4) is 0 Å². The molecule has 0 saturated carbocycles. The second-order valence-corrected chi connectivity index (χ2v) is 3.50. The molecule has 0 radical (unpaired) electrons. The van der Waals surface area contributed by atoms with E-state index in [0.29, 0.717) is 11.5 Å². The molecule has 0 unspecified atom stereocenters. The van der Waals surface area contributed by atoms with Crippen molar-refractivity contribution in [2.45, 2.75) is 38.5 Å². The smallest absolute Gasteiger partial charge is 0.332 e. The Morgan fingerprint density at radius 2 is 2.27 bits per heavy atom. The number of carbonyl (C=O) groups is 2. The Hall–Kier alpha value is -1.20. The number of hydrogen-bond donors (Lipinski definition) is 0. The predicted octanol–water partition coefficient (Wildman–Crippen LogP) is 1.50. The van der Waals surface area contributed by atoms with Gasteiger partial charge in [0.2, 0.25) is 0 Å². The van der Waals surface area contributed by atoms with E-state index in [9.17, 15) is 18.4 Å². The molecule has 0 aromatic heterocycles. The van der Waals surface area contributed by atoms with E-state index in [1.807, 2.05) is 0 Å². The molecule has 0 aromatic carbocycles. The van der Waals surface area contributed by atoms with Crippen LogP contribution >= 0.6 is 0 Å². The number of piperidine rings is 1. The molecule has 0 aliphatic carbocycles. The molecule has 6 heteroatoms. The van der Waals surface area contributed by atoms with Gasteiger partial charge in [-0.25, -0.2) is 13.6 Å². The fourth-order valence-corrected chi connectivity index (χ4v) is 1.25. The summed E-state index contributed by atoms with van der Waals surface area (Å²) in [7, 11) is 0. The Bertz CT molecular complexity index is 268. The first-order chi connectivity index (χ1) is 6.94. The summed E-state index contributed by atoms with van der Waals surface area (Å²) in [6.07, 6.45) is -0.0906. The van der Waals surface area contributed by atoms with Crippen molar-refractivity contribution in [2.75, 3.05) is 6.54 Å². The lowest BCUT2D eigenvalue weighted by molar-refractivity contribution is -0.221. The predicted molar refractivity (Wildman–Crippen MR) is 46.9 cm³/mol. The van der Waals surface area contributed by atoms with Crippen LogP contribution < -0.4 is 0 Å². The van der Waals surface area contributed by atoms with Gasteiger partial charge < -0.3 is 4.84 Å². The summed E-state index contributed by atoms with van der Waals surface area (Å²) in [4.78, 5) is 26.7. The number of nitrogens with zero attached hydrogens (tertiary/aromatic N) is 1. The molecule has 0 N–H and O–H groups in total. The van der Waals surface area contributed by atoms with Gasteiger partial charge in [0.15, 0.2) is 0 Å². The number of hydroxylamine groups is 2. The maximum atomic E-state index is 12.9. The van der Waals surface area contributed by atoms with Gasteiger partial charge >= 0.3 is 5.97 Å². The van der Waals surface area contributed by atoms with Crippen LogP contribution in [0.4, 0.5) is 8.78 Å². The lowest BCUT2D eigenvalue weighted by Crippen LogP contribution is -2.46. The van der Waals surface area contributed by atoms with Crippen LogP contribution in [-0.4, -0.2) is 29.4 Å². The van der Waals surface area contributed by atoms with Crippen LogP contribution in [0.1, 0.15) is 32.6 Å². The molecule has 1 aliphatic rings. The van der Waals surface area contributed by atoms with Crippen LogP contribution in [-0.2, 0) is 14.4 Å². The number of halogens is 2. The van der Waals surface area contributed by atoms with Crippen molar-refractivity contribution in [2.24, 2.45) is 0 Å². The van der Waals surface area contributed by atoms with Gasteiger partial charge in [-0.15, -0.1) is 0 Å². The normalized spacial score (nSPS) is 20.2. The Kier molecular flexibility index (Phi) is 3.60. The van der Waals surface area contributed by atoms with E-state index >= 15 is 0 Å². The Morgan fingerprint density at radius 1 is 1.60 bits per heavy atom. The molecule has 1 saturated heterocycles. The first-order valence-corrected chi connectivity index (χ1v) is 4.83. The fraction of sp³-hybridized carbons (Fsp3) is 0.778. The van der Waals surface area contributed by atoms with E-state index in [2.05, 4.69) is 4.84 Å². The van der Waals surface area contributed by atoms with Gasteiger partial charge in [-0.3, -0.25) is 4.79 Å². The molecular formula is C9H13F2NO3. The average Bonchev–Trinajstić information content (AvgIpc) is 2.11. The van der Waals surface area contributed by atoms with Crippen LogP contribution in [0.25, 0.3) is 0 Å². The molecule has 0 bridgehead atoms. The molecule has 86 valence electrons. The van der Waals surface area contributed by atoms with E-state index in [-0.39, 0.29) is 12.8 Å². The first-order valence-electron chi connectivity index (χ1n) is 4.83. The molecule has 0 aromatic rings. The number of carbonyl (C=O) groups excluding carboxylic acids is 2. The van der Waals surface area contributed by atoms with Gasteiger partial charge in [-0.05, 0) is 6.42 Å². The van der Waals surface area contributed by atoms with Gasteiger partial charge in [0.05, 0.1) is 0 Å². The van der Waals surface area contributed by atoms with Gasteiger partial charge in [0, 0.05) is 19.3 Å². The summed E-state index contributed by atoms with van der Waals surface area (Å²) in [5, 5.41) is 0.474. The highest BCUT2D eigenvalue weighted by Crippen LogP contribution is 2.27. The molecule has 1 aliphatic heterocycles. The van der Waals surface area contributed by atoms with Crippen molar-refractivity contribution in [3.63, 3.8) is 0 Å². The van der Waals surface area contributed by atoms with Crippen molar-refractivity contribution >= 4 is 11.9 Å². The maximum Gasteiger partial charge on any atom is 0.332 e. The van der Waals surface area contributed by atoms with Crippen LogP contribution in [0.5, 0.6) is 0 Å². The number of hydrogen-bond acceptors (Lipinski definition) is 3. The molecule has 4 nitrogen and oxygen atoms in total. The average molecular weight is 221 g/mol. The highest BCUT2D eigenvalue weighted by molar-refractivity contribution is 5.78. The molecule has 1 amide bonds. The number of rotatable bonds is 3. The van der Waals surface area contributed by atoms with E-state index in [1.165, 1.54) is 0 Å². The molecule has 1 rings (SSSR count). The summed E-state index contributed by atoms with van der Waals surface area (Å²) >= 11 is 0. The minimum Gasteiger partial charge on any atom is -0.338 e. The fourth-order valence-electron chi connectivity index (χ4n) is 1.25. The van der Waals surface area contributed by atoms with Crippen molar-refractivity contribution in [1.29, 1.82) is 0 Å². The van der Waals surface area contributed by atoms with Crippen LogP contribution in [0.2, 0.25) is 0 Å². The zero-order valence-corrected chi connectivity index (χ0v) is 8.46. The van der Waals surface area contributed by atoms with E-state index < -0.39 is 30.8 Å². The Morgan fingerprint density at radius 3 is 2.87 bits per heavy atom. The zero-order chi connectivity index (χ0) is 11.5. The maximum absolute atomic E-state index is 12.9. The van der Waals surface area contributed by atoms with E-state index in [0.717, 1.165) is 0 Å². The second kappa shape index (κ2) is 4.55. The highest BCUT2D eigenvalue weighted by atomic mass is 19.3. The standard InChI is InChI=1S/C9H13F2NO3/c1-2-3-8(14)15-12-6-9(10,11)5-4-7(12)13/h2-6H2,1H3. The Balaban J connectivity index is 2.52. The minimum absolute atomic E-state index is 0.120. The van der Waals surface area contributed by atoms with E-state index in [1.54, 1.807) is 6.92 Å². The monoisotopic (exact) mass is 221 g/mol. The summed E-state index contributed by atoms with van der Waals surface area (Å²) in [5.41, 5.74) is 0. The quantitative estimate of drug-likeness (QED) is 0.725. The van der Waals surface area contributed by atoms with Crippen molar-refractivity contribution in [3.8, 4) is 0 Å². The molecule has 0 spiro atoms. The third-order valence-electron chi connectivity index (χ3n) is 2.02. The molecule has 0 atom stereocenters. The largest absolute Gasteiger partial charge is 0.338 e. The third kappa shape index (κ3) is 3.45. The second-order valence-electron chi connectivity index (χ2n) is 3.50. The van der Waals surface area contributed by atoms with Crippen LogP contribution in [0.15, 0.2) is 0 Å². The number of alkyl halides is 2. The van der Waals surface area contributed by atoms with Gasteiger partial charge in [-0.1, -0.05) is 6.92 Å². The summed E-state index contributed by atoms with van der Waals surface area (Å²) in [6, 6.07) is 0. The van der Waals surface area contributed by atoms with Crippen LogP contribution in [0, 0.1) is 0 Å². The molecule has 1 fully saturated rings. The summed E-state index contributed by atoms with van der Waals surface area (Å²) in [6.45, 7) is 0.926. The zero-order valence-electron chi connectivity index (χ0n) is 8.46. The van der Waals surface area contributed by atoms with Crippen molar-refractivity contribution < 1.29 is 23.2 Å². The first kappa shape index (κ1) is 11.9.